The number of halogens is 2. The maximum atomic E-state index is 15.5. The fourth-order valence-electron chi connectivity index (χ4n) is 6.94. The molecule has 0 saturated carbocycles. The molecule has 0 amide bonds. The molecule has 0 aliphatic rings. The molecular weight excluding hydrogens is 659 g/mol. The molecule has 262 valence electrons. The highest BCUT2D eigenvalue weighted by molar-refractivity contribution is 6.10. The molecule has 2 aromatic heterocycles. The van der Waals surface area contributed by atoms with E-state index in [4.69, 9.17) is 15.0 Å². The summed E-state index contributed by atoms with van der Waals surface area (Å²) in [5.74, 6) is 0.203. The zero-order valence-electron chi connectivity index (χ0n) is 30.7. The van der Waals surface area contributed by atoms with Crippen molar-refractivity contribution in [3.8, 4) is 51.0 Å². The Bertz CT molecular complexity index is 2520. The van der Waals surface area contributed by atoms with Gasteiger partial charge in [0.05, 0.1) is 16.7 Å². The average molecular weight is 699 g/mol. The van der Waals surface area contributed by atoms with Crippen molar-refractivity contribution in [2.75, 3.05) is 0 Å². The SMILES string of the molecule is CC(C)(C)c1ccc2c3ccc(C(C)(C)C)cc3n(-c3ccc(-c4ccc(F)cc4F)cc3-c3nc(-c4ccccc4)nc(-c4ccccc4)n3)c2c1. The van der Waals surface area contributed by atoms with Gasteiger partial charge in [-0.1, -0.05) is 133 Å². The van der Waals surface area contributed by atoms with E-state index in [0.29, 0.717) is 28.6 Å². The summed E-state index contributed by atoms with van der Waals surface area (Å²) in [6.07, 6.45) is 0. The van der Waals surface area contributed by atoms with Gasteiger partial charge in [0.25, 0.3) is 0 Å². The van der Waals surface area contributed by atoms with E-state index in [1.807, 2.05) is 78.9 Å². The number of fused-ring (bicyclic) bond motifs is 3. The smallest absolute Gasteiger partial charge is 0.166 e. The molecule has 0 saturated heterocycles. The third-order valence-corrected chi connectivity index (χ3v) is 9.92. The molecular formula is C47H40F2N4. The van der Waals surface area contributed by atoms with Crippen LogP contribution in [-0.2, 0) is 10.8 Å². The van der Waals surface area contributed by atoms with Crippen LogP contribution < -0.4 is 0 Å². The van der Waals surface area contributed by atoms with Crippen LogP contribution in [0.2, 0.25) is 0 Å². The number of benzene rings is 6. The van der Waals surface area contributed by atoms with E-state index in [0.717, 1.165) is 44.7 Å². The van der Waals surface area contributed by atoms with Gasteiger partial charge in [0.2, 0.25) is 0 Å². The molecule has 0 unspecified atom stereocenters. The Morgan fingerprint density at radius 3 is 1.45 bits per heavy atom. The van der Waals surface area contributed by atoms with Gasteiger partial charge < -0.3 is 4.57 Å². The second kappa shape index (κ2) is 12.9. The lowest BCUT2D eigenvalue weighted by molar-refractivity contribution is 0.585. The van der Waals surface area contributed by atoms with Gasteiger partial charge in [-0.25, -0.2) is 23.7 Å². The summed E-state index contributed by atoms with van der Waals surface area (Å²) in [7, 11) is 0. The number of aromatic nitrogens is 4. The molecule has 0 spiro atoms. The lowest BCUT2D eigenvalue weighted by Gasteiger charge is -2.21. The Morgan fingerprint density at radius 2 is 0.962 bits per heavy atom. The van der Waals surface area contributed by atoms with E-state index >= 15 is 4.39 Å². The minimum atomic E-state index is -0.643. The van der Waals surface area contributed by atoms with Crippen LogP contribution in [-0.4, -0.2) is 19.5 Å². The van der Waals surface area contributed by atoms with E-state index in [2.05, 4.69) is 82.5 Å². The maximum absolute atomic E-state index is 15.5. The molecule has 53 heavy (non-hydrogen) atoms. The molecule has 8 rings (SSSR count). The quantitative estimate of drug-likeness (QED) is 0.180. The van der Waals surface area contributed by atoms with Crippen molar-refractivity contribution in [1.29, 1.82) is 0 Å². The predicted molar refractivity (Wildman–Crippen MR) is 213 cm³/mol. The molecule has 2 heterocycles. The van der Waals surface area contributed by atoms with Crippen LogP contribution in [0.1, 0.15) is 52.7 Å². The van der Waals surface area contributed by atoms with Crippen LogP contribution in [0.4, 0.5) is 8.78 Å². The topological polar surface area (TPSA) is 43.6 Å². The lowest BCUT2D eigenvalue weighted by Crippen LogP contribution is -2.11. The summed E-state index contributed by atoms with van der Waals surface area (Å²) in [5.41, 5.74) is 8.37. The van der Waals surface area contributed by atoms with Gasteiger partial charge in [-0.2, -0.15) is 0 Å². The Kier molecular flexibility index (Phi) is 8.29. The van der Waals surface area contributed by atoms with Crippen molar-refractivity contribution in [1.82, 2.24) is 19.5 Å². The molecule has 4 nitrogen and oxygen atoms in total. The van der Waals surface area contributed by atoms with Crippen LogP contribution >= 0.6 is 0 Å². The first-order valence-corrected chi connectivity index (χ1v) is 17.9. The summed E-state index contributed by atoms with van der Waals surface area (Å²) in [6.45, 7) is 13.3. The standard InChI is InChI=1S/C47H40F2N4/c1-46(2,3)32-18-21-36-37-22-19-33(47(4,5)6)27-42(37)53(41(36)26-32)40-24-17-31(35-23-20-34(48)28-39(35)49)25-38(40)45-51-43(29-13-9-7-10-14-29)50-44(52-45)30-15-11-8-12-16-30/h7-28H,1-6H3. The van der Waals surface area contributed by atoms with Gasteiger partial charge in [-0.15, -0.1) is 0 Å². The van der Waals surface area contributed by atoms with E-state index < -0.39 is 11.6 Å². The summed E-state index contributed by atoms with van der Waals surface area (Å²) in [6, 6.07) is 42.6. The van der Waals surface area contributed by atoms with Crippen LogP contribution in [0, 0.1) is 11.6 Å². The highest BCUT2D eigenvalue weighted by atomic mass is 19.1. The van der Waals surface area contributed by atoms with Crippen LogP contribution in [0.3, 0.4) is 0 Å². The molecule has 0 radical (unpaired) electrons. The van der Waals surface area contributed by atoms with Crippen LogP contribution in [0.5, 0.6) is 0 Å². The molecule has 0 atom stereocenters. The average Bonchev–Trinajstić information content (AvgIpc) is 3.47. The Hall–Kier alpha value is -6.01. The number of nitrogens with zero attached hydrogens (tertiary/aromatic N) is 4. The van der Waals surface area contributed by atoms with Gasteiger partial charge in [0.1, 0.15) is 11.6 Å². The van der Waals surface area contributed by atoms with E-state index in [1.165, 1.54) is 23.3 Å². The second-order valence-corrected chi connectivity index (χ2v) is 15.7. The van der Waals surface area contributed by atoms with Crippen molar-refractivity contribution in [2.45, 2.75) is 52.4 Å². The third kappa shape index (κ3) is 6.39. The zero-order chi connectivity index (χ0) is 37.1. The molecule has 0 N–H and O–H groups in total. The maximum Gasteiger partial charge on any atom is 0.166 e. The van der Waals surface area contributed by atoms with Crippen LogP contribution in [0.25, 0.3) is 72.8 Å². The highest BCUT2D eigenvalue weighted by Gasteiger charge is 2.24. The van der Waals surface area contributed by atoms with Crippen molar-refractivity contribution in [3.63, 3.8) is 0 Å². The number of rotatable bonds is 5. The van der Waals surface area contributed by atoms with E-state index in [9.17, 15) is 4.39 Å². The first-order chi connectivity index (χ1) is 25.3. The molecule has 6 heteroatoms. The molecule has 6 aromatic carbocycles. The van der Waals surface area contributed by atoms with Crippen molar-refractivity contribution >= 4 is 21.8 Å². The fourth-order valence-corrected chi connectivity index (χ4v) is 6.94. The first kappa shape index (κ1) is 34.1. The predicted octanol–water partition coefficient (Wildman–Crippen LogP) is 12.5. The normalized spacial score (nSPS) is 12.2. The molecule has 0 fully saturated rings. The molecule has 0 aliphatic heterocycles. The van der Waals surface area contributed by atoms with Gasteiger partial charge >= 0.3 is 0 Å². The summed E-state index contributed by atoms with van der Waals surface area (Å²) >= 11 is 0. The van der Waals surface area contributed by atoms with Crippen molar-refractivity contribution in [2.24, 2.45) is 0 Å². The second-order valence-electron chi connectivity index (χ2n) is 15.7. The fraction of sp³-hybridized carbons (Fsp3) is 0.170. The van der Waals surface area contributed by atoms with Gasteiger partial charge in [-0.3, -0.25) is 0 Å². The monoisotopic (exact) mass is 698 g/mol. The third-order valence-electron chi connectivity index (χ3n) is 9.92. The van der Waals surface area contributed by atoms with Gasteiger partial charge in [0.15, 0.2) is 17.5 Å². The zero-order valence-corrected chi connectivity index (χ0v) is 30.7. The summed E-state index contributed by atoms with van der Waals surface area (Å²) < 4.78 is 31.9. The number of hydrogen-bond donors (Lipinski definition) is 0. The largest absolute Gasteiger partial charge is 0.308 e. The first-order valence-electron chi connectivity index (χ1n) is 17.9. The molecule has 8 aromatic rings. The van der Waals surface area contributed by atoms with E-state index in [1.54, 1.807) is 0 Å². The Labute approximate surface area is 308 Å². The highest BCUT2D eigenvalue weighted by Crippen LogP contribution is 2.41. The summed E-state index contributed by atoms with van der Waals surface area (Å²) in [5, 5.41) is 2.25. The van der Waals surface area contributed by atoms with Crippen molar-refractivity contribution in [3.05, 3.63) is 156 Å². The minimum Gasteiger partial charge on any atom is -0.308 e. The van der Waals surface area contributed by atoms with E-state index in [-0.39, 0.29) is 16.4 Å². The molecule has 0 aliphatic carbocycles. The summed E-state index contributed by atoms with van der Waals surface area (Å²) in [4.78, 5) is 15.2. The minimum absolute atomic E-state index is 0.0950. The Balaban J connectivity index is 1.50. The van der Waals surface area contributed by atoms with Crippen molar-refractivity contribution < 1.29 is 8.78 Å². The molecule has 0 bridgehead atoms. The number of hydrogen-bond acceptors (Lipinski definition) is 3. The Morgan fingerprint density at radius 1 is 0.453 bits per heavy atom. The van der Waals surface area contributed by atoms with Crippen LogP contribution in [0.15, 0.2) is 133 Å². The van der Waals surface area contributed by atoms with Gasteiger partial charge in [0, 0.05) is 39.1 Å². The lowest BCUT2D eigenvalue weighted by atomic mass is 9.86. The van der Waals surface area contributed by atoms with Gasteiger partial charge in [-0.05, 0) is 63.9 Å².